The Bertz CT molecular complexity index is 1630. The van der Waals surface area contributed by atoms with E-state index in [0.717, 1.165) is 11.9 Å². The monoisotopic (exact) mass is 597 g/mol. The molecule has 0 radical (unpaired) electrons. The first-order chi connectivity index (χ1) is 20.0. The third kappa shape index (κ3) is 5.72. The highest BCUT2D eigenvalue weighted by atomic mass is 32.2. The first-order valence-corrected chi connectivity index (χ1v) is 15.8. The van der Waals surface area contributed by atoms with Crippen LogP contribution in [-0.4, -0.2) is 60.9 Å². The van der Waals surface area contributed by atoms with Gasteiger partial charge in [0.15, 0.2) is 5.82 Å². The summed E-state index contributed by atoms with van der Waals surface area (Å²) < 4.78 is 64.7. The summed E-state index contributed by atoms with van der Waals surface area (Å²) >= 11 is 0. The van der Waals surface area contributed by atoms with E-state index >= 15 is 0 Å². The van der Waals surface area contributed by atoms with Crippen LogP contribution < -0.4 is 10.2 Å². The average Bonchev–Trinajstić information content (AvgIpc) is 3.59. The summed E-state index contributed by atoms with van der Waals surface area (Å²) in [6, 6.07) is 12.2. The van der Waals surface area contributed by atoms with Crippen LogP contribution in [-0.2, 0) is 14.5 Å². The SMILES string of the molecule is N#CC1(NC(=O)C2CCC(F)(F)CC2c2nn(-c3ccc(F)cn3)cc2-c2ccc(N3CCS(=N)(=O)CC3)cc2)CC1. The molecule has 3 heterocycles. The van der Waals surface area contributed by atoms with E-state index in [1.165, 1.54) is 16.8 Å². The number of halogens is 3. The Morgan fingerprint density at radius 1 is 1.12 bits per heavy atom. The minimum absolute atomic E-state index is 0.0564. The number of amides is 1. The molecule has 1 saturated heterocycles. The van der Waals surface area contributed by atoms with Gasteiger partial charge in [-0.05, 0) is 49.1 Å². The predicted molar refractivity (Wildman–Crippen MR) is 150 cm³/mol. The Balaban J connectivity index is 1.38. The predicted octanol–water partition coefficient (Wildman–Crippen LogP) is 4.63. The molecule has 2 N–H and O–H groups in total. The summed E-state index contributed by atoms with van der Waals surface area (Å²) in [4.78, 5) is 19.6. The summed E-state index contributed by atoms with van der Waals surface area (Å²) in [7, 11) is -2.54. The van der Waals surface area contributed by atoms with Crippen molar-refractivity contribution in [1.82, 2.24) is 20.1 Å². The molecule has 220 valence electrons. The van der Waals surface area contributed by atoms with Crippen molar-refractivity contribution in [3.8, 4) is 23.0 Å². The number of nitrogens with one attached hydrogen (secondary N) is 2. The lowest BCUT2D eigenvalue weighted by atomic mass is 9.74. The van der Waals surface area contributed by atoms with Gasteiger partial charge in [0.25, 0.3) is 0 Å². The third-order valence-electron chi connectivity index (χ3n) is 8.45. The van der Waals surface area contributed by atoms with Gasteiger partial charge in [-0.1, -0.05) is 12.1 Å². The maximum absolute atomic E-state index is 14.9. The van der Waals surface area contributed by atoms with Gasteiger partial charge < -0.3 is 10.2 Å². The fourth-order valence-electron chi connectivity index (χ4n) is 5.80. The number of anilines is 1. The van der Waals surface area contributed by atoms with E-state index in [1.807, 2.05) is 24.3 Å². The second-order valence-corrected chi connectivity index (χ2v) is 13.9. The van der Waals surface area contributed by atoms with Crippen LogP contribution >= 0.6 is 0 Å². The van der Waals surface area contributed by atoms with Crippen molar-refractivity contribution in [1.29, 1.82) is 10.0 Å². The molecule has 1 aromatic carbocycles. The lowest BCUT2D eigenvalue weighted by Crippen LogP contribution is -2.45. The molecule has 0 spiro atoms. The van der Waals surface area contributed by atoms with Crippen molar-refractivity contribution in [3.63, 3.8) is 0 Å². The molecule has 2 aliphatic carbocycles. The molecule has 1 amide bonds. The first kappa shape index (κ1) is 28.2. The number of hydrogen-bond acceptors (Lipinski definition) is 7. The zero-order valence-electron chi connectivity index (χ0n) is 22.7. The van der Waals surface area contributed by atoms with Crippen LogP contribution in [0.4, 0.5) is 18.9 Å². The molecule has 1 aliphatic heterocycles. The van der Waals surface area contributed by atoms with Gasteiger partial charge in [-0.25, -0.2) is 27.0 Å². The van der Waals surface area contributed by atoms with Crippen LogP contribution in [0.1, 0.15) is 43.7 Å². The molecular weight excluding hydrogens is 567 g/mol. The van der Waals surface area contributed by atoms with Crippen LogP contribution in [0.15, 0.2) is 48.8 Å². The number of nitriles is 1. The van der Waals surface area contributed by atoms with Crippen LogP contribution in [0.5, 0.6) is 0 Å². The number of carbonyl (C=O) groups is 1. The van der Waals surface area contributed by atoms with Crippen LogP contribution in [0.25, 0.3) is 16.9 Å². The maximum atomic E-state index is 14.9. The van der Waals surface area contributed by atoms with Gasteiger partial charge in [0.05, 0.1) is 18.0 Å². The second kappa shape index (κ2) is 10.4. The van der Waals surface area contributed by atoms with E-state index in [4.69, 9.17) is 4.78 Å². The first-order valence-electron chi connectivity index (χ1n) is 13.9. The number of alkyl halides is 2. The molecule has 3 aliphatic rings. The standard InChI is InChI=1S/C29H30F3N7O2S/c30-20-3-6-25(35-16-20)39-17-24(19-1-4-21(5-2-19)38-11-13-42(34,41)14-12-38)26(37-39)23-15-29(31,32)8-7-22(23)27(40)36-28(18-33)9-10-28/h1-6,16-17,22-23,34H,7-15H2,(H,36,40). The molecule has 42 heavy (non-hydrogen) atoms. The summed E-state index contributed by atoms with van der Waals surface area (Å²) in [5.41, 5.74) is 1.49. The largest absolute Gasteiger partial charge is 0.370 e. The maximum Gasteiger partial charge on any atom is 0.248 e. The molecular formula is C29H30F3N7O2S. The van der Waals surface area contributed by atoms with E-state index in [-0.39, 0.29) is 12.2 Å². The van der Waals surface area contributed by atoms with Gasteiger partial charge in [-0.2, -0.15) is 10.4 Å². The van der Waals surface area contributed by atoms with E-state index in [0.29, 0.717) is 54.3 Å². The topological polar surface area (TPSA) is 128 Å². The van der Waals surface area contributed by atoms with Gasteiger partial charge in [-0.15, -0.1) is 0 Å². The van der Waals surface area contributed by atoms with Crippen molar-refractivity contribution in [2.75, 3.05) is 29.5 Å². The molecule has 2 unspecified atom stereocenters. The molecule has 2 atom stereocenters. The fourth-order valence-corrected chi connectivity index (χ4v) is 7.03. The van der Waals surface area contributed by atoms with Gasteiger partial charge >= 0.3 is 0 Å². The van der Waals surface area contributed by atoms with E-state index in [9.17, 15) is 27.4 Å². The van der Waals surface area contributed by atoms with E-state index in [1.54, 1.807) is 6.20 Å². The number of benzene rings is 1. The lowest BCUT2D eigenvalue weighted by Gasteiger charge is -2.35. The van der Waals surface area contributed by atoms with Gasteiger partial charge in [-0.3, -0.25) is 9.57 Å². The van der Waals surface area contributed by atoms with Crippen LogP contribution in [0.3, 0.4) is 0 Å². The smallest absolute Gasteiger partial charge is 0.248 e. The third-order valence-corrected chi connectivity index (χ3v) is 10.1. The van der Waals surface area contributed by atoms with Gasteiger partial charge in [0, 0.05) is 76.4 Å². The number of rotatable bonds is 6. The molecule has 13 heteroatoms. The Labute approximate surface area is 241 Å². The van der Waals surface area contributed by atoms with E-state index < -0.39 is 57.6 Å². The van der Waals surface area contributed by atoms with E-state index in [2.05, 4.69) is 26.4 Å². The Kier molecular flexibility index (Phi) is 7.00. The molecule has 0 bridgehead atoms. The number of aromatic nitrogens is 3. The normalized spacial score (nSPS) is 24.0. The average molecular weight is 598 g/mol. The summed E-state index contributed by atoms with van der Waals surface area (Å²) in [5, 5.41) is 16.9. The molecule has 6 rings (SSSR count). The van der Waals surface area contributed by atoms with Crippen LogP contribution in [0, 0.1) is 27.8 Å². The second-order valence-electron chi connectivity index (χ2n) is 11.5. The van der Waals surface area contributed by atoms with Crippen molar-refractivity contribution < 1.29 is 22.2 Å². The van der Waals surface area contributed by atoms with Crippen LogP contribution in [0.2, 0.25) is 0 Å². The number of hydrogen-bond donors (Lipinski definition) is 2. The quantitative estimate of drug-likeness (QED) is 0.427. The number of carbonyl (C=O) groups excluding carboxylic acids is 1. The Hall–Kier alpha value is -3.92. The molecule has 3 fully saturated rings. The Morgan fingerprint density at radius 2 is 1.83 bits per heavy atom. The summed E-state index contributed by atoms with van der Waals surface area (Å²) in [5.74, 6) is -4.84. The highest BCUT2D eigenvalue weighted by Gasteiger charge is 2.50. The highest BCUT2D eigenvalue weighted by molar-refractivity contribution is 7.92. The van der Waals surface area contributed by atoms with Gasteiger partial charge in [0.2, 0.25) is 11.8 Å². The molecule has 9 nitrogen and oxygen atoms in total. The minimum atomic E-state index is -3.00. The lowest BCUT2D eigenvalue weighted by molar-refractivity contribution is -0.131. The highest BCUT2D eigenvalue weighted by Crippen LogP contribution is 2.48. The zero-order valence-corrected chi connectivity index (χ0v) is 23.5. The number of nitrogens with zero attached hydrogens (tertiary/aromatic N) is 5. The van der Waals surface area contributed by atoms with Crippen molar-refractivity contribution in [2.45, 2.75) is 49.5 Å². The van der Waals surface area contributed by atoms with Crippen molar-refractivity contribution >= 4 is 21.3 Å². The summed E-state index contributed by atoms with van der Waals surface area (Å²) in [6.45, 7) is 0.998. The Morgan fingerprint density at radius 3 is 2.45 bits per heavy atom. The minimum Gasteiger partial charge on any atom is -0.370 e. The summed E-state index contributed by atoms with van der Waals surface area (Å²) in [6.07, 6.45) is 2.68. The van der Waals surface area contributed by atoms with Crippen molar-refractivity contribution in [2.24, 2.45) is 5.92 Å². The molecule has 2 aromatic heterocycles. The molecule has 2 saturated carbocycles. The fraction of sp³-hybridized carbons (Fsp3) is 0.448. The van der Waals surface area contributed by atoms with Crippen molar-refractivity contribution in [3.05, 3.63) is 60.3 Å². The van der Waals surface area contributed by atoms with Gasteiger partial charge in [0.1, 0.15) is 11.4 Å². The number of pyridine rings is 1. The molecule has 3 aromatic rings. The zero-order chi connectivity index (χ0) is 29.7.